The van der Waals surface area contributed by atoms with Gasteiger partial charge in [-0.15, -0.1) is 0 Å². The Bertz CT molecular complexity index is 699. The van der Waals surface area contributed by atoms with Crippen molar-refractivity contribution in [3.63, 3.8) is 0 Å². The summed E-state index contributed by atoms with van der Waals surface area (Å²) in [5, 5.41) is 0. The Balaban J connectivity index is 1.98. The predicted molar refractivity (Wildman–Crippen MR) is 129 cm³/mol. The van der Waals surface area contributed by atoms with E-state index in [1.54, 1.807) is 13.2 Å². The van der Waals surface area contributed by atoms with Crippen LogP contribution in [0.25, 0.3) is 0 Å². The lowest BCUT2D eigenvalue weighted by Gasteiger charge is -2.47. The summed E-state index contributed by atoms with van der Waals surface area (Å²) in [5.41, 5.74) is 0.297. The van der Waals surface area contributed by atoms with E-state index in [0.717, 1.165) is 45.4 Å². The van der Waals surface area contributed by atoms with Crippen LogP contribution in [0.1, 0.15) is 66.7 Å². The molecule has 2 atom stereocenters. The molecule has 1 heterocycles. The zero-order valence-corrected chi connectivity index (χ0v) is 21.4. The van der Waals surface area contributed by atoms with Crippen LogP contribution in [0.4, 0.5) is 13.2 Å². The first-order chi connectivity index (χ1) is 15.4. The second-order valence-electron chi connectivity index (χ2n) is 10.9. The lowest BCUT2D eigenvalue weighted by molar-refractivity contribution is -0.0893. The summed E-state index contributed by atoms with van der Waals surface area (Å²) >= 11 is 0. The highest BCUT2D eigenvalue weighted by atomic mass is 19.4. The number of likely N-dealkylation sites (tertiary alicyclic amines) is 1. The zero-order valence-electron chi connectivity index (χ0n) is 21.4. The van der Waals surface area contributed by atoms with Gasteiger partial charge < -0.3 is 9.47 Å². The Labute approximate surface area is 199 Å². The van der Waals surface area contributed by atoms with Gasteiger partial charge in [0.2, 0.25) is 0 Å². The van der Waals surface area contributed by atoms with Gasteiger partial charge in [-0.1, -0.05) is 50.6 Å². The number of alkyl halides is 3. The van der Waals surface area contributed by atoms with Gasteiger partial charge in [-0.05, 0) is 75.8 Å². The molecule has 190 valence electrons. The van der Waals surface area contributed by atoms with Crippen molar-refractivity contribution in [2.24, 2.45) is 16.7 Å². The molecule has 1 fully saturated rings. The monoisotopic (exact) mass is 471 g/mol. The second-order valence-corrected chi connectivity index (χ2v) is 10.9. The van der Waals surface area contributed by atoms with E-state index in [9.17, 15) is 13.2 Å². The van der Waals surface area contributed by atoms with Gasteiger partial charge in [-0.2, -0.15) is 13.2 Å². The molecule has 0 bridgehead atoms. The quantitative estimate of drug-likeness (QED) is 0.240. The van der Waals surface area contributed by atoms with Gasteiger partial charge in [0.15, 0.2) is 0 Å². The van der Waals surface area contributed by atoms with E-state index >= 15 is 0 Å². The van der Waals surface area contributed by atoms with E-state index in [2.05, 4.69) is 45.6 Å². The van der Waals surface area contributed by atoms with Crippen LogP contribution in [-0.2, 0) is 9.47 Å². The number of allylic oxidation sites excluding steroid dienone is 5. The van der Waals surface area contributed by atoms with Crippen LogP contribution in [0.3, 0.4) is 0 Å². The summed E-state index contributed by atoms with van der Waals surface area (Å²) in [6, 6.07) is 0.294. The Morgan fingerprint density at radius 3 is 2.36 bits per heavy atom. The Kier molecular flexibility index (Phi) is 10.3. The molecule has 0 saturated carbocycles. The lowest BCUT2D eigenvalue weighted by Crippen LogP contribution is -2.46. The van der Waals surface area contributed by atoms with Crippen molar-refractivity contribution in [3.8, 4) is 0 Å². The number of halogens is 3. The van der Waals surface area contributed by atoms with Crippen molar-refractivity contribution < 1.29 is 22.6 Å². The van der Waals surface area contributed by atoms with E-state index in [1.807, 2.05) is 0 Å². The van der Waals surface area contributed by atoms with Gasteiger partial charge in [0.05, 0.1) is 18.8 Å². The summed E-state index contributed by atoms with van der Waals surface area (Å²) in [4.78, 5) is 2.57. The molecule has 0 aromatic rings. The highest BCUT2D eigenvalue weighted by molar-refractivity contribution is 5.31. The molecule has 2 aliphatic rings. The van der Waals surface area contributed by atoms with Crippen LogP contribution in [-0.4, -0.2) is 57.1 Å². The van der Waals surface area contributed by atoms with Crippen LogP contribution < -0.4 is 0 Å². The average molecular weight is 472 g/mol. The number of hydrogen-bond acceptors (Lipinski definition) is 3. The number of ether oxygens (including phenoxy) is 2. The Morgan fingerprint density at radius 1 is 1.18 bits per heavy atom. The van der Waals surface area contributed by atoms with Crippen LogP contribution in [0.2, 0.25) is 0 Å². The van der Waals surface area contributed by atoms with E-state index < -0.39 is 11.7 Å². The summed E-state index contributed by atoms with van der Waals surface area (Å²) in [5.74, 6) is 0.689. The highest BCUT2D eigenvalue weighted by Crippen LogP contribution is 2.50. The molecule has 0 radical (unpaired) electrons. The maximum Gasteiger partial charge on any atom is 0.416 e. The SMILES string of the molecule is COCCOCCC1CCN(C(C=C(C)C)CC(C)(C)C2(C)C=CC(C(F)(F)F)=CC2)CC1. The maximum absolute atomic E-state index is 13.1. The number of nitrogens with zero attached hydrogens (tertiary/aromatic N) is 1. The van der Waals surface area contributed by atoms with Crippen LogP contribution in [0, 0.1) is 16.7 Å². The zero-order chi connectivity index (χ0) is 24.7. The lowest BCUT2D eigenvalue weighted by atomic mass is 9.60. The van der Waals surface area contributed by atoms with Crippen molar-refractivity contribution in [3.05, 3.63) is 35.5 Å². The predicted octanol–water partition coefficient (Wildman–Crippen LogP) is 6.96. The first-order valence-electron chi connectivity index (χ1n) is 12.3. The standard InChI is InChI=1S/C27H44F3NO2/c1-21(2)19-24(31-14-9-22(10-15-31)11-16-33-18-17-32-6)20-25(3,4)26(5)12-7-23(8-13-26)27(28,29)30/h7-8,12,19,22,24H,9-11,13-18,20H2,1-6H3. The third kappa shape index (κ3) is 8.25. The topological polar surface area (TPSA) is 21.7 Å². The van der Waals surface area contributed by atoms with Gasteiger partial charge in [-0.3, -0.25) is 4.90 Å². The molecule has 1 aliphatic carbocycles. The molecule has 0 aromatic heterocycles. The van der Waals surface area contributed by atoms with Crippen LogP contribution in [0.15, 0.2) is 35.5 Å². The molecule has 33 heavy (non-hydrogen) atoms. The second kappa shape index (κ2) is 12.0. The minimum atomic E-state index is -4.27. The molecule has 1 saturated heterocycles. The molecular formula is C27H44F3NO2. The molecule has 0 spiro atoms. The number of hydrogen-bond donors (Lipinski definition) is 0. The molecule has 3 nitrogen and oxygen atoms in total. The smallest absolute Gasteiger partial charge is 0.382 e. The van der Waals surface area contributed by atoms with Gasteiger partial charge in [0.25, 0.3) is 0 Å². The van der Waals surface area contributed by atoms with E-state index in [1.165, 1.54) is 17.7 Å². The fourth-order valence-electron chi connectivity index (χ4n) is 4.95. The Hall–Kier alpha value is -1.11. The van der Waals surface area contributed by atoms with Gasteiger partial charge >= 0.3 is 6.18 Å². The number of piperidine rings is 1. The minimum Gasteiger partial charge on any atom is -0.382 e. The maximum atomic E-state index is 13.1. The fraction of sp³-hybridized carbons (Fsp3) is 0.778. The molecule has 2 unspecified atom stereocenters. The first kappa shape index (κ1) is 28.1. The number of methoxy groups -OCH3 is 1. The van der Waals surface area contributed by atoms with Gasteiger partial charge in [0, 0.05) is 19.8 Å². The largest absolute Gasteiger partial charge is 0.416 e. The van der Waals surface area contributed by atoms with Gasteiger partial charge in [0.1, 0.15) is 0 Å². The molecule has 1 aliphatic heterocycles. The summed E-state index contributed by atoms with van der Waals surface area (Å²) in [6.07, 6.45) is 7.27. The third-order valence-electron chi connectivity index (χ3n) is 7.72. The number of rotatable bonds is 11. The molecule has 6 heteroatoms. The van der Waals surface area contributed by atoms with Gasteiger partial charge in [-0.25, -0.2) is 0 Å². The normalized spacial score (nSPS) is 24.0. The first-order valence-corrected chi connectivity index (χ1v) is 12.3. The van der Waals surface area contributed by atoms with Crippen molar-refractivity contribution in [2.75, 3.05) is 40.0 Å². The highest BCUT2D eigenvalue weighted by Gasteiger charge is 2.44. The van der Waals surface area contributed by atoms with E-state index in [-0.39, 0.29) is 10.8 Å². The summed E-state index contributed by atoms with van der Waals surface area (Å²) in [7, 11) is 1.69. The molecule has 0 aromatic carbocycles. The van der Waals surface area contributed by atoms with E-state index in [0.29, 0.717) is 31.6 Å². The third-order valence-corrected chi connectivity index (χ3v) is 7.72. The van der Waals surface area contributed by atoms with Crippen molar-refractivity contribution in [2.45, 2.75) is 78.9 Å². The van der Waals surface area contributed by atoms with Crippen LogP contribution >= 0.6 is 0 Å². The fourth-order valence-corrected chi connectivity index (χ4v) is 4.95. The van der Waals surface area contributed by atoms with Crippen molar-refractivity contribution in [1.82, 2.24) is 4.90 Å². The Morgan fingerprint density at radius 2 is 1.85 bits per heavy atom. The van der Waals surface area contributed by atoms with Crippen molar-refractivity contribution in [1.29, 1.82) is 0 Å². The molecule has 0 N–H and O–H groups in total. The molecule has 0 amide bonds. The molecular weight excluding hydrogens is 427 g/mol. The molecule has 2 rings (SSSR count). The minimum absolute atomic E-state index is 0.153. The van der Waals surface area contributed by atoms with Crippen LogP contribution in [0.5, 0.6) is 0 Å². The van der Waals surface area contributed by atoms with E-state index in [4.69, 9.17) is 9.47 Å². The summed E-state index contributed by atoms with van der Waals surface area (Å²) < 4.78 is 50.0. The average Bonchev–Trinajstić information content (AvgIpc) is 2.72. The summed E-state index contributed by atoms with van der Waals surface area (Å²) in [6.45, 7) is 15.0. The van der Waals surface area contributed by atoms with Crippen molar-refractivity contribution >= 4 is 0 Å².